The quantitative estimate of drug-likeness (QED) is 0.150. The second-order valence-corrected chi connectivity index (χ2v) is 32.7. The molecule has 26 nitrogen and oxygen atoms in total. The van der Waals surface area contributed by atoms with Crippen molar-refractivity contribution in [2.75, 3.05) is 101 Å². The van der Waals surface area contributed by atoms with Gasteiger partial charge in [-0.3, -0.25) is 57.5 Å². The van der Waals surface area contributed by atoms with Gasteiger partial charge in [-0.2, -0.15) is 13.2 Å². The Balaban J connectivity index is 1.20. The zero-order chi connectivity index (χ0) is 79.4. The van der Waals surface area contributed by atoms with Crippen molar-refractivity contribution in [3.63, 3.8) is 0 Å². The van der Waals surface area contributed by atoms with E-state index in [2.05, 4.69) is 22.9 Å². The van der Waals surface area contributed by atoms with E-state index in [1.54, 1.807) is 19.9 Å². The molecular formula is C77H121F5N12O14. The van der Waals surface area contributed by atoms with E-state index in [-0.39, 0.29) is 109 Å². The van der Waals surface area contributed by atoms with E-state index < -0.39 is 205 Å². The van der Waals surface area contributed by atoms with E-state index >= 15 is 51.9 Å². The van der Waals surface area contributed by atoms with Gasteiger partial charge in [-0.15, -0.1) is 0 Å². The molecule has 4 aliphatic carbocycles. The van der Waals surface area contributed by atoms with Gasteiger partial charge < -0.3 is 69.5 Å². The minimum Gasteiger partial charge on any atom is -0.378 e. The van der Waals surface area contributed by atoms with Crippen LogP contribution in [-0.2, 0) is 67.0 Å². The third-order valence-corrected chi connectivity index (χ3v) is 24.6. The lowest BCUT2D eigenvalue weighted by atomic mass is 9.74. The third kappa shape index (κ3) is 20.9. The Bertz CT molecular complexity index is 3200. The summed E-state index contributed by atoms with van der Waals surface area (Å²) in [5.41, 5.74) is -1.65. The largest absolute Gasteiger partial charge is 0.397 e. The maximum absolute atomic E-state index is 15.7. The van der Waals surface area contributed by atoms with Crippen LogP contribution in [0.2, 0.25) is 0 Å². The van der Waals surface area contributed by atoms with Gasteiger partial charge in [0.15, 0.2) is 0 Å². The number of morpholine rings is 1. The van der Waals surface area contributed by atoms with Crippen molar-refractivity contribution in [2.45, 2.75) is 261 Å². The van der Waals surface area contributed by atoms with Crippen molar-refractivity contribution in [2.24, 2.45) is 41.4 Å². The van der Waals surface area contributed by atoms with Gasteiger partial charge in [-0.1, -0.05) is 91.7 Å². The number of carbonyl (C=O) groups excluding carboxylic acids is 12. The number of halogens is 5. The number of nitrogens with zero attached hydrogens (tertiary/aromatic N) is 9. The van der Waals surface area contributed by atoms with Crippen molar-refractivity contribution in [1.82, 2.24) is 60.0 Å². The molecule has 2 unspecified atom stereocenters. The average molecular weight is 1530 g/mol. The second kappa shape index (κ2) is 38.3. The molecule has 7 fully saturated rings. The van der Waals surface area contributed by atoms with Gasteiger partial charge in [0.25, 0.3) is 0 Å². The Hall–Kier alpha value is -7.05. The Morgan fingerprint density at radius 2 is 1.30 bits per heavy atom. The van der Waals surface area contributed by atoms with Gasteiger partial charge in [0.05, 0.1) is 38.8 Å². The highest BCUT2D eigenvalue weighted by Crippen LogP contribution is 2.45. The zero-order valence-electron chi connectivity index (χ0n) is 65.6. The van der Waals surface area contributed by atoms with Crippen LogP contribution in [0.25, 0.3) is 0 Å². The van der Waals surface area contributed by atoms with Gasteiger partial charge in [-0.05, 0) is 126 Å². The number of fused-ring (bicyclic) bond motifs is 3. The number of ether oxygens (including phenoxy) is 2. The number of hydrogen-bond acceptors (Lipinski definition) is 14. The minimum absolute atomic E-state index is 0.0123. The molecule has 108 heavy (non-hydrogen) atoms. The fraction of sp³-hybridized carbons (Fsp3) is 0.818. The van der Waals surface area contributed by atoms with Crippen LogP contribution in [0.5, 0.6) is 0 Å². The monoisotopic (exact) mass is 1530 g/mol. The average Bonchev–Trinajstić information content (AvgIpc) is 1.29. The Morgan fingerprint density at radius 1 is 0.657 bits per heavy atom. The van der Waals surface area contributed by atoms with Gasteiger partial charge in [0.2, 0.25) is 70.9 Å². The lowest BCUT2D eigenvalue weighted by Gasteiger charge is -2.47. The first kappa shape index (κ1) is 86.5. The zero-order valence-corrected chi connectivity index (χ0v) is 65.6. The summed E-state index contributed by atoms with van der Waals surface area (Å²) in [6, 6.07) is -10.6. The first-order valence-electron chi connectivity index (χ1n) is 39.6. The third-order valence-electron chi connectivity index (χ3n) is 24.6. The molecule has 4 saturated carbocycles. The van der Waals surface area contributed by atoms with E-state index in [9.17, 15) is 27.6 Å². The molecule has 0 aromatic rings. The lowest BCUT2D eigenvalue weighted by Crippen LogP contribution is -2.68. The summed E-state index contributed by atoms with van der Waals surface area (Å²) in [7, 11) is 8.45. The van der Waals surface area contributed by atoms with Crippen molar-refractivity contribution < 1.29 is 89.0 Å². The standard InChI is InChI=1S/C77H121F5N12O14/c1-13-48(6)65-73(104)87(8)45-63(97)88(9)56-23-16-15-19-32-93(72(56)103)60(40-49-26-24-47(5)25-27-49)70(101)86(7)44-61(95)83-55(29-28-50-38-53(78)64(54(79)39-50)77(80,81)82)69(100)94-43-52(108-14-2)41-58(94)68(99)85-76(30-20-31-76)75(106)91(12)66(51-21-17-18-22-51)74(105)90(11)59(71(102)92-33-35-107-36-34-92)42-62(96)89(10)57(37-46(3)4)67(98)84-65/h15-16,46-60,64-66H,13-14,17-45H2,1-12H3,(H,83,95)(H,84,98)(H,85,99)/b16-15-/t47?,48-,49?,50?,52+,53?,54?,55-,56-,57-,58-,59-,60-,64?,65-,66-/m0/s1. The fourth-order valence-electron chi connectivity index (χ4n) is 17.5. The maximum atomic E-state index is 15.7. The molecule has 0 aromatic heterocycles. The highest BCUT2D eigenvalue weighted by atomic mass is 19.4. The molecule has 0 radical (unpaired) electrons. The molecule has 1 spiro atoms. The summed E-state index contributed by atoms with van der Waals surface area (Å²) in [6.07, 6.45) is -3.25. The Labute approximate surface area is 633 Å². The minimum atomic E-state index is -5.18. The normalized spacial score (nSPS) is 32.7. The summed E-state index contributed by atoms with van der Waals surface area (Å²) in [5.74, 6) is -13.2. The first-order valence-corrected chi connectivity index (χ1v) is 39.6. The van der Waals surface area contributed by atoms with Crippen LogP contribution in [0.3, 0.4) is 0 Å². The summed E-state index contributed by atoms with van der Waals surface area (Å²) >= 11 is 0. The molecule has 608 valence electrons. The van der Waals surface area contributed by atoms with Crippen LogP contribution >= 0.6 is 0 Å². The molecular weight excluding hydrogens is 1410 g/mol. The van der Waals surface area contributed by atoms with Crippen LogP contribution < -0.4 is 16.0 Å². The molecule has 4 aliphatic heterocycles. The molecule has 8 rings (SSSR count). The number of nitrogens with one attached hydrogen (secondary N) is 3. The van der Waals surface area contributed by atoms with Crippen molar-refractivity contribution in [3.8, 4) is 0 Å². The van der Waals surface area contributed by atoms with Gasteiger partial charge >= 0.3 is 6.18 Å². The highest BCUT2D eigenvalue weighted by Gasteiger charge is 2.56. The summed E-state index contributed by atoms with van der Waals surface area (Å²) < 4.78 is 84.6. The SMILES string of the molecule is CCO[C@@H]1C[C@H]2C(=O)NC3(CCC3)C(=O)N(C)[C@@H](C3CCCC3)C(=O)N(C)[C@H](C(=O)N3CCOCC3)CC(=O)N(C)[C@@H](CC(C)C)C(=O)N[C@@H]([C@@H](C)CC)C(=O)N(C)CC(=O)N(C)[C@H]3C/C=C\CCN(C3=O)[C@@H](CC3CCC(C)CC3)C(=O)N(C)CC(=O)N[C@@H](CCC3CC(F)C(C(F)(F)F)C(F)C3)C(=O)N2C1. The van der Waals surface area contributed by atoms with Gasteiger partial charge in [0.1, 0.15) is 72.1 Å². The number of amides is 12. The number of likely N-dealkylation sites (N-methyl/N-ethyl adjacent to an activating group) is 6. The molecule has 3 saturated heterocycles. The smallest absolute Gasteiger partial charge is 0.378 e. The van der Waals surface area contributed by atoms with E-state index in [0.29, 0.717) is 50.9 Å². The van der Waals surface area contributed by atoms with Crippen LogP contribution in [0.15, 0.2) is 12.2 Å². The molecule has 4 heterocycles. The molecule has 31 heteroatoms. The topological polar surface area (TPSA) is 289 Å². The molecule has 3 N–H and O–H groups in total. The second-order valence-electron chi connectivity index (χ2n) is 32.7. The van der Waals surface area contributed by atoms with Crippen LogP contribution in [0.1, 0.15) is 183 Å². The summed E-state index contributed by atoms with van der Waals surface area (Å²) in [6.45, 7) is 10.3. The predicted molar refractivity (Wildman–Crippen MR) is 389 cm³/mol. The highest BCUT2D eigenvalue weighted by molar-refractivity contribution is 6.01. The van der Waals surface area contributed by atoms with Gasteiger partial charge in [0, 0.05) is 81.5 Å². The summed E-state index contributed by atoms with van der Waals surface area (Å²) in [5, 5.41) is 8.63. The van der Waals surface area contributed by atoms with Crippen molar-refractivity contribution in [1.29, 1.82) is 0 Å². The predicted octanol–water partition coefficient (Wildman–Crippen LogP) is 5.58. The van der Waals surface area contributed by atoms with Crippen LogP contribution in [0.4, 0.5) is 22.0 Å². The van der Waals surface area contributed by atoms with Gasteiger partial charge in [-0.25, -0.2) is 8.78 Å². The fourth-order valence-corrected chi connectivity index (χ4v) is 17.5. The van der Waals surface area contributed by atoms with Crippen LogP contribution in [-0.4, -0.2) is 295 Å². The lowest BCUT2D eigenvalue weighted by molar-refractivity contribution is -0.219. The first-order chi connectivity index (χ1) is 51.0. The number of carbonyl (C=O) groups is 12. The van der Waals surface area contributed by atoms with Crippen molar-refractivity contribution in [3.05, 3.63) is 12.2 Å². The Kier molecular flexibility index (Phi) is 30.7. The van der Waals surface area contributed by atoms with E-state index in [1.165, 1.54) is 76.6 Å². The number of alkyl halides is 5. The maximum Gasteiger partial charge on any atom is 0.397 e. The van der Waals surface area contributed by atoms with E-state index in [0.717, 1.165) is 35.5 Å². The molecule has 12 atom stereocenters. The molecule has 8 aliphatic rings. The van der Waals surface area contributed by atoms with Crippen LogP contribution in [0, 0.1) is 41.4 Å². The number of rotatable bonds is 13. The molecule has 0 aromatic carbocycles. The Morgan fingerprint density at radius 3 is 1.89 bits per heavy atom. The van der Waals surface area contributed by atoms with Crippen molar-refractivity contribution >= 4 is 70.9 Å². The molecule has 12 amide bonds. The molecule has 2 bridgehead atoms. The van der Waals surface area contributed by atoms with E-state index in [4.69, 9.17) is 9.47 Å². The number of hydrogen-bond donors (Lipinski definition) is 3. The summed E-state index contributed by atoms with van der Waals surface area (Å²) in [4.78, 5) is 194. The van der Waals surface area contributed by atoms with E-state index in [1.807, 2.05) is 26.8 Å².